The van der Waals surface area contributed by atoms with E-state index >= 15 is 0 Å². The predicted octanol–water partition coefficient (Wildman–Crippen LogP) is 5.35. The van der Waals surface area contributed by atoms with E-state index in [1.807, 2.05) is 5.32 Å². The summed E-state index contributed by atoms with van der Waals surface area (Å²) < 4.78 is 84.3. The third-order valence-corrected chi connectivity index (χ3v) is 5.81. The van der Waals surface area contributed by atoms with Crippen LogP contribution in [0.2, 0.25) is 0 Å². The summed E-state index contributed by atoms with van der Waals surface area (Å²) in [5, 5.41) is 2.03. The van der Waals surface area contributed by atoms with Crippen LogP contribution in [0.4, 0.5) is 42.5 Å². The number of hydrogen-bond donors (Lipinski definition) is 1. The van der Waals surface area contributed by atoms with Crippen LogP contribution in [0, 0.1) is 0 Å². The highest BCUT2D eigenvalue weighted by atomic mass is 19.4. The molecule has 1 saturated heterocycles. The summed E-state index contributed by atoms with van der Waals surface area (Å²) in [5.41, 5.74) is -4.33. The Bertz CT molecular complexity index is 1070. The number of hydrogen-bond acceptors (Lipinski definition) is 3. The molecule has 2 atom stereocenters. The van der Waals surface area contributed by atoms with Crippen molar-refractivity contribution in [2.75, 3.05) is 16.8 Å². The molecule has 1 N–H and O–H groups in total. The first-order valence-electron chi connectivity index (χ1n) is 9.52. The fourth-order valence-corrected chi connectivity index (χ4v) is 4.25. The van der Waals surface area contributed by atoms with E-state index in [9.17, 15) is 35.9 Å². The van der Waals surface area contributed by atoms with Crippen LogP contribution in [-0.4, -0.2) is 24.6 Å². The summed E-state index contributed by atoms with van der Waals surface area (Å²) >= 11 is 0. The predicted molar refractivity (Wildman–Crippen MR) is 101 cm³/mol. The first-order chi connectivity index (χ1) is 14.9. The summed E-state index contributed by atoms with van der Waals surface area (Å²) in [5.74, 6) is -0.649. The Balaban J connectivity index is 1.73. The number of rotatable bonds is 1. The van der Waals surface area contributed by atoms with Gasteiger partial charge in [0.15, 0.2) is 0 Å². The maximum atomic E-state index is 13.3. The molecule has 11 heteroatoms. The van der Waals surface area contributed by atoms with Crippen molar-refractivity contribution in [3.63, 3.8) is 0 Å². The molecule has 4 rings (SSSR count). The fourth-order valence-electron chi connectivity index (χ4n) is 4.25. The number of ether oxygens (including phenoxy) is 1. The van der Waals surface area contributed by atoms with Crippen LogP contribution in [-0.2, 0) is 27.3 Å². The summed E-state index contributed by atoms with van der Waals surface area (Å²) in [6.07, 6.45) is -10.4. The maximum Gasteiger partial charge on any atom is 0.416 e. The van der Waals surface area contributed by atoms with Crippen LogP contribution in [0.1, 0.15) is 30.0 Å². The zero-order chi connectivity index (χ0) is 23.5. The molecule has 3 amide bonds. The summed E-state index contributed by atoms with van der Waals surface area (Å²) in [7, 11) is 0. The van der Waals surface area contributed by atoms with Crippen molar-refractivity contribution in [2.45, 2.75) is 37.2 Å². The molecular formula is C21H16F6N2O3. The van der Waals surface area contributed by atoms with Gasteiger partial charge in [0.05, 0.1) is 22.9 Å². The maximum absolute atomic E-state index is 13.3. The lowest BCUT2D eigenvalue weighted by molar-refractivity contribution is -0.143. The van der Waals surface area contributed by atoms with Crippen molar-refractivity contribution in [1.82, 2.24) is 0 Å². The average molecular weight is 458 g/mol. The van der Waals surface area contributed by atoms with E-state index in [0.717, 1.165) is 4.90 Å². The lowest BCUT2D eigenvalue weighted by Crippen LogP contribution is -2.48. The largest absolute Gasteiger partial charge is 0.416 e. The second kappa shape index (κ2) is 7.22. The summed E-state index contributed by atoms with van der Waals surface area (Å²) in [4.78, 5) is 27.0. The normalized spacial score (nSPS) is 23.0. The molecule has 5 nitrogen and oxygen atoms in total. The van der Waals surface area contributed by atoms with Crippen molar-refractivity contribution in [3.05, 3.63) is 59.2 Å². The van der Waals surface area contributed by atoms with Gasteiger partial charge in [-0.15, -0.1) is 0 Å². The molecule has 2 heterocycles. The van der Waals surface area contributed by atoms with Crippen LogP contribution in [0.15, 0.2) is 42.5 Å². The van der Waals surface area contributed by atoms with E-state index in [2.05, 4.69) is 0 Å². The molecule has 2 aliphatic rings. The van der Waals surface area contributed by atoms with Gasteiger partial charge in [-0.1, -0.05) is 18.2 Å². The van der Waals surface area contributed by atoms with Gasteiger partial charge in [-0.05, 0) is 43.2 Å². The number of halogens is 6. The number of alkyl halides is 6. The summed E-state index contributed by atoms with van der Waals surface area (Å²) in [6.45, 7) is 1.94. The van der Waals surface area contributed by atoms with E-state index in [1.165, 1.54) is 6.07 Å². The van der Waals surface area contributed by atoms with E-state index in [4.69, 9.17) is 4.74 Å². The van der Waals surface area contributed by atoms with E-state index < -0.39 is 52.6 Å². The van der Waals surface area contributed by atoms with Crippen molar-refractivity contribution in [3.8, 4) is 0 Å². The van der Waals surface area contributed by atoms with Crippen molar-refractivity contribution < 1.29 is 40.7 Å². The standard InChI is InChI=1S/C21H16F6N2O3/c1-11-19(6-7-32-11)15-4-2-3-5-16(15)29(17(19)30)18(31)28-14-9-12(20(22,23)24)8-13(10-14)21(25,26)27/h2-5,8-11H,6-7H2,1H3,(H,28,31)/t11-,19+/m0/s1. The first kappa shape index (κ1) is 22.1. The molecule has 0 radical (unpaired) electrons. The number of nitrogens with zero attached hydrogens (tertiary/aromatic N) is 1. The third-order valence-electron chi connectivity index (χ3n) is 5.81. The third kappa shape index (κ3) is 3.40. The lowest BCUT2D eigenvalue weighted by Gasteiger charge is -2.26. The zero-order valence-electron chi connectivity index (χ0n) is 16.5. The Morgan fingerprint density at radius 3 is 2.19 bits per heavy atom. The van der Waals surface area contributed by atoms with Crippen LogP contribution >= 0.6 is 0 Å². The number of nitrogens with one attached hydrogen (secondary N) is 1. The van der Waals surface area contributed by atoms with Gasteiger partial charge in [0.2, 0.25) is 5.91 Å². The molecule has 0 aromatic heterocycles. The summed E-state index contributed by atoms with van der Waals surface area (Å²) in [6, 6.07) is 5.94. The highest BCUT2D eigenvalue weighted by Crippen LogP contribution is 2.50. The molecule has 0 saturated carbocycles. The van der Waals surface area contributed by atoms with Gasteiger partial charge in [-0.25, -0.2) is 9.69 Å². The first-order valence-corrected chi connectivity index (χ1v) is 9.52. The van der Waals surface area contributed by atoms with E-state index in [1.54, 1.807) is 25.1 Å². The molecule has 2 aromatic rings. The van der Waals surface area contributed by atoms with E-state index in [-0.39, 0.29) is 24.8 Å². The molecular weight excluding hydrogens is 442 g/mol. The molecule has 1 spiro atoms. The molecule has 0 bridgehead atoms. The van der Waals surface area contributed by atoms with E-state index in [0.29, 0.717) is 17.7 Å². The topological polar surface area (TPSA) is 58.6 Å². The van der Waals surface area contributed by atoms with Gasteiger partial charge in [0.1, 0.15) is 5.41 Å². The number of imide groups is 1. The minimum atomic E-state index is -5.07. The number of urea groups is 1. The average Bonchev–Trinajstić information content (AvgIpc) is 3.20. The van der Waals surface area contributed by atoms with Gasteiger partial charge in [0, 0.05) is 12.3 Å². The van der Waals surface area contributed by atoms with Crippen LogP contribution in [0.25, 0.3) is 0 Å². The number of benzene rings is 2. The van der Waals surface area contributed by atoms with Gasteiger partial charge in [-0.3, -0.25) is 4.79 Å². The highest BCUT2D eigenvalue weighted by molar-refractivity contribution is 6.25. The number of carbonyl (C=O) groups is 2. The fraction of sp³-hybridized carbons (Fsp3) is 0.333. The van der Waals surface area contributed by atoms with Gasteiger partial charge in [-0.2, -0.15) is 26.3 Å². The van der Waals surface area contributed by atoms with Gasteiger partial charge >= 0.3 is 18.4 Å². The quantitative estimate of drug-likeness (QED) is 0.587. The number of amides is 3. The minimum Gasteiger partial charge on any atom is -0.377 e. The Hall–Kier alpha value is -3.08. The number of para-hydroxylation sites is 1. The smallest absolute Gasteiger partial charge is 0.377 e. The zero-order valence-corrected chi connectivity index (χ0v) is 16.5. The lowest BCUT2D eigenvalue weighted by atomic mass is 9.76. The Morgan fingerprint density at radius 1 is 1.06 bits per heavy atom. The Kier molecular flexibility index (Phi) is 5.00. The SMILES string of the molecule is C[C@@H]1OCC[C@@]12C(=O)N(C(=O)Nc1cc(C(F)(F)F)cc(C(F)(F)F)c1)c1ccccc12. The van der Waals surface area contributed by atoms with Crippen molar-refractivity contribution >= 4 is 23.3 Å². The van der Waals surface area contributed by atoms with Gasteiger partial charge < -0.3 is 10.1 Å². The molecule has 1 fully saturated rings. The second-order valence-electron chi connectivity index (χ2n) is 7.62. The van der Waals surface area contributed by atoms with Crippen LogP contribution in [0.3, 0.4) is 0 Å². The number of carbonyl (C=O) groups excluding carboxylic acids is 2. The van der Waals surface area contributed by atoms with Crippen LogP contribution < -0.4 is 10.2 Å². The molecule has 170 valence electrons. The number of anilines is 2. The second-order valence-corrected chi connectivity index (χ2v) is 7.62. The van der Waals surface area contributed by atoms with Crippen molar-refractivity contribution in [1.29, 1.82) is 0 Å². The number of fused-ring (bicyclic) bond motifs is 2. The minimum absolute atomic E-state index is 0.0431. The molecule has 2 aliphatic heterocycles. The Morgan fingerprint density at radius 2 is 1.66 bits per heavy atom. The molecule has 32 heavy (non-hydrogen) atoms. The highest BCUT2D eigenvalue weighted by Gasteiger charge is 2.58. The monoisotopic (exact) mass is 458 g/mol. The van der Waals surface area contributed by atoms with Gasteiger partial charge in [0.25, 0.3) is 0 Å². The Labute approximate surface area is 178 Å². The molecule has 2 aromatic carbocycles. The molecule has 0 unspecified atom stereocenters. The van der Waals surface area contributed by atoms with Crippen LogP contribution in [0.5, 0.6) is 0 Å². The molecule has 0 aliphatic carbocycles. The van der Waals surface area contributed by atoms with Crippen molar-refractivity contribution in [2.24, 2.45) is 0 Å².